The lowest BCUT2D eigenvalue weighted by Crippen LogP contribution is -2.12. The highest BCUT2D eigenvalue weighted by molar-refractivity contribution is 5.93. The van der Waals surface area contributed by atoms with E-state index in [0.717, 1.165) is 27.4 Å². The van der Waals surface area contributed by atoms with Gasteiger partial charge in [-0.05, 0) is 42.0 Å². The van der Waals surface area contributed by atoms with E-state index in [9.17, 15) is 4.79 Å². The minimum atomic E-state index is 0.0692. The number of aromatic nitrogens is 1. The molecule has 1 heterocycles. The molecule has 0 unspecified atom stereocenters. The summed E-state index contributed by atoms with van der Waals surface area (Å²) < 4.78 is 12.9. The first-order chi connectivity index (χ1) is 12.7. The number of benzene rings is 3. The van der Waals surface area contributed by atoms with Crippen LogP contribution in [0.25, 0.3) is 21.8 Å². The molecule has 0 aliphatic heterocycles. The molecule has 0 N–H and O–H groups in total. The van der Waals surface area contributed by atoms with Gasteiger partial charge in [0.25, 0.3) is 0 Å². The third-order valence-electron chi connectivity index (χ3n) is 4.67. The zero-order valence-corrected chi connectivity index (χ0v) is 14.7. The topological polar surface area (TPSA) is 40.5 Å². The van der Waals surface area contributed by atoms with Crippen molar-refractivity contribution in [3.05, 3.63) is 82.5 Å². The smallest absolute Gasteiger partial charge is 0.197 e. The number of nitrogens with zero attached hydrogens (tertiary/aromatic N) is 1. The summed E-state index contributed by atoms with van der Waals surface area (Å²) in [6, 6.07) is 21.4. The van der Waals surface area contributed by atoms with Crippen LogP contribution < -0.4 is 14.9 Å². The van der Waals surface area contributed by atoms with Gasteiger partial charge in [0.1, 0.15) is 0 Å². The molecule has 0 saturated carbocycles. The highest BCUT2D eigenvalue weighted by atomic mass is 16.5. The Kier molecular flexibility index (Phi) is 4.09. The Morgan fingerprint density at radius 3 is 1.92 bits per heavy atom. The molecule has 0 spiro atoms. The summed E-state index contributed by atoms with van der Waals surface area (Å²) >= 11 is 0. The lowest BCUT2D eigenvalue weighted by atomic mass is 10.1. The monoisotopic (exact) mass is 345 g/mol. The van der Waals surface area contributed by atoms with Gasteiger partial charge in [0.2, 0.25) is 0 Å². The van der Waals surface area contributed by atoms with Gasteiger partial charge in [-0.2, -0.15) is 0 Å². The van der Waals surface area contributed by atoms with Crippen LogP contribution in [0.3, 0.4) is 0 Å². The minimum Gasteiger partial charge on any atom is -0.493 e. The van der Waals surface area contributed by atoms with E-state index in [1.54, 1.807) is 14.2 Å². The maximum atomic E-state index is 12.8. The molecule has 130 valence electrons. The zero-order valence-electron chi connectivity index (χ0n) is 14.7. The standard InChI is InChI=1S/C22H19NO3/c1-25-20-12-11-15(13-21(20)26-2)14-23-18-9-5-3-7-16(18)22(24)17-8-4-6-10-19(17)23/h3-13H,14H2,1-2H3. The second kappa shape index (κ2) is 6.56. The largest absolute Gasteiger partial charge is 0.493 e. The van der Waals surface area contributed by atoms with Gasteiger partial charge < -0.3 is 14.0 Å². The first-order valence-corrected chi connectivity index (χ1v) is 8.44. The zero-order chi connectivity index (χ0) is 18.1. The molecule has 0 aliphatic carbocycles. The molecule has 4 aromatic rings. The lowest BCUT2D eigenvalue weighted by molar-refractivity contribution is 0.354. The molecular formula is C22H19NO3. The van der Waals surface area contributed by atoms with Gasteiger partial charge >= 0.3 is 0 Å². The average Bonchev–Trinajstić information content (AvgIpc) is 2.71. The molecule has 1 aromatic heterocycles. The first kappa shape index (κ1) is 16.2. The van der Waals surface area contributed by atoms with E-state index in [4.69, 9.17) is 9.47 Å². The summed E-state index contributed by atoms with van der Waals surface area (Å²) in [6.45, 7) is 0.627. The van der Waals surface area contributed by atoms with Crippen LogP contribution in [0.1, 0.15) is 5.56 Å². The molecule has 0 aliphatic rings. The van der Waals surface area contributed by atoms with E-state index in [1.807, 2.05) is 66.7 Å². The highest BCUT2D eigenvalue weighted by Crippen LogP contribution is 2.29. The fraction of sp³-hybridized carbons (Fsp3) is 0.136. The quantitative estimate of drug-likeness (QED) is 0.520. The predicted molar refractivity (Wildman–Crippen MR) is 104 cm³/mol. The van der Waals surface area contributed by atoms with E-state index in [1.165, 1.54) is 0 Å². The number of rotatable bonds is 4. The maximum Gasteiger partial charge on any atom is 0.197 e. The summed E-state index contributed by atoms with van der Waals surface area (Å²) in [5, 5.41) is 1.46. The summed E-state index contributed by atoms with van der Waals surface area (Å²) in [7, 11) is 3.26. The van der Waals surface area contributed by atoms with Crippen molar-refractivity contribution in [2.75, 3.05) is 14.2 Å². The van der Waals surface area contributed by atoms with Gasteiger partial charge in [0.15, 0.2) is 16.9 Å². The van der Waals surface area contributed by atoms with E-state index in [-0.39, 0.29) is 5.43 Å². The molecule has 0 amide bonds. The van der Waals surface area contributed by atoms with Crippen LogP contribution in [0, 0.1) is 0 Å². The Balaban J connectivity index is 1.96. The molecule has 4 rings (SSSR count). The van der Waals surface area contributed by atoms with Crippen molar-refractivity contribution in [1.82, 2.24) is 4.57 Å². The van der Waals surface area contributed by atoms with Crippen LogP contribution in [-0.4, -0.2) is 18.8 Å². The molecule has 0 fully saturated rings. The van der Waals surface area contributed by atoms with Gasteiger partial charge in [-0.15, -0.1) is 0 Å². The Morgan fingerprint density at radius 1 is 0.769 bits per heavy atom. The molecule has 26 heavy (non-hydrogen) atoms. The van der Waals surface area contributed by atoms with Crippen LogP contribution >= 0.6 is 0 Å². The first-order valence-electron chi connectivity index (χ1n) is 8.44. The third kappa shape index (κ3) is 2.60. The van der Waals surface area contributed by atoms with E-state index < -0.39 is 0 Å². The van der Waals surface area contributed by atoms with Crippen molar-refractivity contribution in [2.45, 2.75) is 6.54 Å². The molecular weight excluding hydrogens is 326 g/mol. The molecule has 4 nitrogen and oxygen atoms in total. The number of pyridine rings is 1. The van der Waals surface area contributed by atoms with Crippen molar-refractivity contribution in [3.8, 4) is 11.5 Å². The summed E-state index contributed by atoms with van der Waals surface area (Å²) in [5.41, 5.74) is 2.98. The van der Waals surface area contributed by atoms with E-state index >= 15 is 0 Å². The van der Waals surface area contributed by atoms with Crippen molar-refractivity contribution in [1.29, 1.82) is 0 Å². The number of fused-ring (bicyclic) bond motifs is 2. The Hall–Kier alpha value is -3.27. The normalized spacial score (nSPS) is 11.0. The minimum absolute atomic E-state index is 0.0692. The fourth-order valence-corrected chi connectivity index (χ4v) is 3.41. The number of para-hydroxylation sites is 2. The van der Waals surface area contributed by atoms with Gasteiger partial charge in [-0.1, -0.05) is 30.3 Å². The van der Waals surface area contributed by atoms with Gasteiger partial charge in [-0.3, -0.25) is 4.79 Å². The van der Waals surface area contributed by atoms with Gasteiger partial charge in [-0.25, -0.2) is 0 Å². The van der Waals surface area contributed by atoms with Crippen LogP contribution in [0.15, 0.2) is 71.5 Å². The number of methoxy groups -OCH3 is 2. The van der Waals surface area contributed by atoms with Gasteiger partial charge in [0, 0.05) is 17.3 Å². The Labute approximate surface area is 151 Å². The second-order valence-corrected chi connectivity index (χ2v) is 6.14. The second-order valence-electron chi connectivity index (χ2n) is 6.14. The fourth-order valence-electron chi connectivity index (χ4n) is 3.41. The molecule has 4 heteroatoms. The van der Waals surface area contributed by atoms with Crippen LogP contribution in [0.2, 0.25) is 0 Å². The molecule has 0 atom stereocenters. The van der Waals surface area contributed by atoms with Crippen molar-refractivity contribution < 1.29 is 9.47 Å². The molecule has 3 aromatic carbocycles. The number of hydrogen-bond acceptors (Lipinski definition) is 3. The summed E-state index contributed by atoms with van der Waals surface area (Å²) in [5.74, 6) is 1.39. The van der Waals surface area contributed by atoms with Crippen LogP contribution in [0.5, 0.6) is 11.5 Å². The van der Waals surface area contributed by atoms with Crippen molar-refractivity contribution in [2.24, 2.45) is 0 Å². The maximum absolute atomic E-state index is 12.8. The molecule has 0 saturated heterocycles. The van der Waals surface area contributed by atoms with Crippen LogP contribution in [-0.2, 0) is 6.54 Å². The SMILES string of the molecule is COc1ccc(Cn2c3ccccc3c(=O)c3ccccc32)cc1OC. The van der Waals surface area contributed by atoms with Gasteiger partial charge in [0.05, 0.1) is 25.3 Å². The van der Waals surface area contributed by atoms with Crippen molar-refractivity contribution in [3.63, 3.8) is 0 Å². The summed E-state index contributed by atoms with van der Waals surface area (Å²) in [4.78, 5) is 12.8. The van der Waals surface area contributed by atoms with Crippen LogP contribution in [0.4, 0.5) is 0 Å². The molecule has 0 radical (unpaired) electrons. The Bertz CT molecular complexity index is 1100. The van der Waals surface area contributed by atoms with Crippen molar-refractivity contribution >= 4 is 21.8 Å². The average molecular weight is 345 g/mol. The highest BCUT2D eigenvalue weighted by Gasteiger charge is 2.11. The third-order valence-corrected chi connectivity index (χ3v) is 4.67. The summed E-state index contributed by atoms with van der Waals surface area (Å²) in [6.07, 6.45) is 0. The predicted octanol–water partition coefficient (Wildman–Crippen LogP) is 4.22. The lowest BCUT2D eigenvalue weighted by Gasteiger charge is -2.16. The number of ether oxygens (including phenoxy) is 2. The molecule has 0 bridgehead atoms. The Morgan fingerprint density at radius 2 is 1.35 bits per heavy atom. The number of hydrogen-bond donors (Lipinski definition) is 0. The van der Waals surface area contributed by atoms with E-state index in [0.29, 0.717) is 18.0 Å². The van der Waals surface area contributed by atoms with E-state index in [2.05, 4.69) is 4.57 Å².